The van der Waals surface area contributed by atoms with Crippen molar-refractivity contribution < 1.29 is 38.0 Å². The van der Waals surface area contributed by atoms with Crippen molar-refractivity contribution in [2.24, 2.45) is 0 Å². The Bertz CT molecular complexity index is 1920. The summed E-state index contributed by atoms with van der Waals surface area (Å²) in [6.45, 7) is 2.64. The molecule has 12 heteroatoms. The van der Waals surface area contributed by atoms with E-state index in [2.05, 4.69) is 16.7 Å². The molecule has 1 atom stereocenters. The number of benzene rings is 3. The second-order valence-electron chi connectivity index (χ2n) is 12.1. The Kier molecular flexibility index (Phi) is 11.8. The lowest BCUT2D eigenvalue weighted by Gasteiger charge is -2.28. The molecule has 264 valence electrons. The van der Waals surface area contributed by atoms with E-state index in [9.17, 15) is 14.9 Å². The summed E-state index contributed by atoms with van der Waals surface area (Å²) < 4.78 is 34.0. The highest BCUT2D eigenvalue weighted by molar-refractivity contribution is 6.00. The van der Waals surface area contributed by atoms with Crippen LogP contribution in [0, 0.1) is 11.3 Å². The highest BCUT2D eigenvalue weighted by Crippen LogP contribution is 2.36. The smallest absolute Gasteiger partial charge is 0.338 e. The van der Waals surface area contributed by atoms with E-state index in [1.807, 2.05) is 48.5 Å². The molecule has 6 rings (SSSR count). The number of esters is 1. The third-order valence-corrected chi connectivity index (χ3v) is 8.71. The van der Waals surface area contributed by atoms with Crippen molar-refractivity contribution in [2.75, 3.05) is 57.8 Å². The number of ether oxygens (including phenoxy) is 6. The average Bonchev–Trinajstić information content (AvgIpc) is 3.13. The standard InChI is InChI=1S/C39H40N4O8/c1-46-14-15-50-35-19-30(39(45)47-2)18-34(41-22-32-11-13-49-32)38(35)43-36(44)20-26-8-9-28-17-31(26)23-48-12-10-27-16-25(21-40)6-7-29(27)24-51-37-5-3-4-33(28)42-37/h3-9,16-19,32,41H,10-15,20,22-24H2,1-2H3,(H,43,44)/t32-/m0/s1. The number of nitrogens with one attached hydrogen (secondary N) is 2. The molecule has 4 aromatic rings. The molecule has 0 aliphatic carbocycles. The first kappa shape index (κ1) is 35.3. The van der Waals surface area contributed by atoms with Crippen LogP contribution in [0.2, 0.25) is 0 Å². The third-order valence-electron chi connectivity index (χ3n) is 8.71. The monoisotopic (exact) mass is 692 g/mol. The Morgan fingerprint density at radius 1 is 0.980 bits per heavy atom. The summed E-state index contributed by atoms with van der Waals surface area (Å²) in [6.07, 6.45) is 1.54. The van der Waals surface area contributed by atoms with Gasteiger partial charge in [0.25, 0.3) is 0 Å². The summed E-state index contributed by atoms with van der Waals surface area (Å²) in [5.74, 6) is -0.0521. The van der Waals surface area contributed by atoms with Crippen LogP contribution in [-0.4, -0.2) is 70.2 Å². The molecule has 0 radical (unpaired) electrons. The van der Waals surface area contributed by atoms with Gasteiger partial charge in [-0.05, 0) is 71.5 Å². The minimum absolute atomic E-state index is 0.0203. The van der Waals surface area contributed by atoms with E-state index in [0.717, 1.165) is 39.9 Å². The minimum Gasteiger partial charge on any atom is -0.489 e. The number of nitrogens with zero attached hydrogens (tertiary/aromatic N) is 2. The summed E-state index contributed by atoms with van der Waals surface area (Å²) in [4.78, 5) is 31.1. The fourth-order valence-corrected chi connectivity index (χ4v) is 5.83. The minimum atomic E-state index is -0.538. The predicted octanol–water partition coefficient (Wildman–Crippen LogP) is 5.47. The van der Waals surface area contributed by atoms with E-state index in [0.29, 0.717) is 68.0 Å². The zero-order chi connectivity index (χ0) is 35.6. The molecule has 0 saturated carbocycles. The van der Waals surface area contributed by atoms with E-state index in [1.54, 1.807) is 25.3 Å². The van der Waals surface area contributed by atoms with Crippen LogP contribution in [0.4, 0.5) is 11.4 Å². The number of rotatable bonds is 11. The van der Waals surface area contributed by atoms with E-state index >= 15 is 0 Å². The molecule has 1 saturated heterocycles. The molecule has 0 spiro atoms. The molecule has 12 nitrogen and oxygen atoms in total. The predicted molar refractivity (Wildman–Crippen MR) is 189 cm³/mol. The van der Waals surface area contributed by atoms with Crippen LogP contribution >= 0.6 is 0 Å². The molecule has 2 N–H and O–H groups in total. The lowest BCUT2D eigenvalue weighted by Crippen LogP contribution is -2.33. The molecule has 2 aliphatic rings. The number of nitriles is 1. The van der Waals surface area contributed by atoms with Crippen LogP contribution < -0.4 is 20.1 Å². The van der Waals surface area contributed by atoms with Crippen LogP contribution in [-0.2, 0) is 49.8 Å². The number of fused-ring (bicyclic) bond motifs is 6. The van der Waals surface area contributed by atoms with Gasteiger partial charge in [0.15, 0.2) is 0 Å². The zero-order valence-corrected chi connectivity index (χ0v) is 28.7. The van der Waals surface area contributed by atoms with Crippen molar-refractivity contribution in [1.29, 1.82) is 5.26 Å². The second kappa shape index (κ2) is 17.0. The first-order chi connectivity index (χ1) is 24.9. The van der Waals surface area contributed by atoms with Crippen LogP contribution in [0.3, 0.4) is 0 Å². The number of anilines is 2. The van der Waals surface area contributed by atoms with Gasteiger partial charge in [-0.2, -0.15) is 5.26 Å². The number of hydrogen-bond donors (Lipinski definition) is 2. The summed E-state index contributed by atoms with van der Waals surface area (Å²) in [7, 11) is 2.87. The molecular formula is C39H40N4O8. The molecule has 1 aromatic heterocycles. The molecule has 51 heavy (non-hydrogen) atoms. The SMILES string of the molecule is COCCOc1cc(C(=O)OC)cc(NC[C@@H]2CCO2)c1NC(=O)Cc1ccc2cc1COCCc1cc(C#N)ccc1COc1cccc-2n1. The normalized spacial score (nSPS) is 15.1. The topological polar surface area (TPSA) is 150 Å². The summed E-state index contributed by atoms with van der Waals surface area (Å²) in [5, 5.41) is 15.8. The Balaban J connectivity index is 1.28. The molecule has 1 amide bonds. The molecule has 0 unspecified atom stereocenters. The van der Waals surface area contributed by atoms with E-state index in [1.165, 1.54) is 7.11 Å². The van der Waals surface area contributed by atoms with Gasteiger partial charge < -0.3 is 39.1 Å². The van der Waals surface area contributed by atoms with Crippen molar-refractivity contribution in [3.8, 4) is 29.0 Å². The number of aromatic nitrogens is 1. The molecular weight excluding hydrogens is 652 g/mol. The summed E-state index contributed by atoms with van der Waals surface area (Å²) >= 11 is 0. The maximum Gasteiger partial charge on any atom is 0.338 e. The number of carbonyl (C=O) groups excluding carboxylic acids is 2. The van der Waals surface area contributed by atoms with Gasteiger partial charge in [-0.25, -0.2) is 9.78 Å². The quantitative estimate of drug-likeness (QED) is 0.152. The first-order valence-electron chi connectivity index (χ1n) is 16.8. The fourth-order valence-electron chi connectivity index (χ4n) is 5.83. The van der Waals surface area contributed by atoms with Crippen molar-refractivity contribution in [1.82, 2.24) is 4.98 Å². The number of pyridine rings is 1. The largest absolute Gasteiger partial charge is 0.489 e. The van der Waals surface area contributed by atoms with Crippen molar-refractivity contribution in [3.05, 3.63) is 100 Å². The van der Waals surface area contributed by atoms with Crippen LogP contribution in [0.5, 0.6) is 11.6 Å². The van der Waals surface area contributed by atoms with Gasteiger partial charge in [0.2, 0.25) is 11.8 Å². The van der Waals surface area contributed by atoms with E-state index in [-0.39, 0.29) is 37.2 Å². The highest BCUT2D eigenvalue weighted by atomic mass is 16.5. The fraction of sp³-hybridized carbons (Fsp3) is 0.333. The van der Waals surface area contributed by atoms with E-state index in [4.69, 9.17) is 33.4 Å². The average molecular weight is 693 g/mol. The zero-order valence-electron chi connectivity index (χ0n) is 28.7. The molecule has 4 bridgehead atoms. The summed E-state index contributed by atoms with van der Waals surface area (Å²) in [6, 6.07) is 22.4. The van der Waals surface area contributed by atoms with Crippen molar-refractivity contribution >= 4 is 23.3 Å². The number of hydrogen-bond acceptors (Lipinski definition) is 11. The number of methoxy groups -OCH3 is 2. The molecule has 3 heterocycles. The van der Waals surface area contributed by atoms with Gasteiger partial charge in [-0.15, -0.1) is 0 Å². The lowest BCUT2D eigenvalue weighted by atomic mass is 9.99. The highest BCUT2D eigenvalue weighted by Gasteiger charge is 2.23. The first-order valence-corrected chi connectivity index (χ1v) is 16.8. The van der Waals surface area contributed by atoms with Crippen molar-refractivity contribution in [2.45, 2.75) is 38.6 Å². The summed E-state index contributed by atoms with van der Waals surface area (Å²) in [5.41, 5.74) is 6.83. The molecule has 2 aliphatic heterocycles. The molecule has 3 aromatic carbocycles. The second-order valence-corrected chi connectivity index (χ2v) is 12.1. The van der Waals surface area contributed by atoms with Crippen LogP contribution in [0.15, 0.2) is 66.7 Å². The van der Waals surface area contributed by atoms with E-state index < -0.39 is 5.97 Å². The maximum absolute atomic E-state index is 13.8. The number of carbonyl (C=O) groups is 2. The molecule has 1 fully saturated rings. The Labute approximate surface area is 296 Å². The number of amides is 1. The van der Waals surface area contributed by atoms with Gasteiger partial charge in [-0.1, -0.05) is 24.3 Å². The lowest BCUT2D eigenvalue weighted by molar-refractivity contribution is -0.115. The van der Waals surface area contributed by atoms with Crippen LogP contribution in [0.25, 0.3) is 11.3 Å². The Morgan fingerprint density at radius 2 is 1.86 bits per heavy atom. The third kappa shape index (κ3) is 9.01. The Hall–Kier alpha value is -5.48. The van der Waals surface area contributed by atoms with Gasteiger partial charge >= 0.3 is 5.97 Å². The van der Waals surface area contributed by atoms with Crippen LogP contribution in [0.1, 0.15) is 44.6 Å². The van der Waals surface area contributed by atoms with Crippen molar-refractivity contribution in [3.63, 3.8) is 0 Å². The van der Waals surface area contributed by atoms with Gasteiger partial charge in [-0.3, -0.25) is 4.79 Å². The Morgan fingerprint density at radius 3 is 2.65 bits per heavy atom. The van der Waals surface area contributed by atoms with Gasteiger partial charge in [0, 0.05) is 31.9 Å². The van der Waals surface area contributed by atoms with Gasteiger partial charge in [0.1, 0.15) is 24.7 Å². The van der Waals surface area contributed by atoms with Gasteiger partial charge in [0.05, 0.1) is 68.0 Å². The maximum atomic E-state index is 13.8.